The van der Waals surface area contributed by atoms with Gasteiger partial charge in [0.15, 0.2) is 5.13 Å². The lowest BCUT2D eigenvalue weighted by molar-refractivity contribution is -0.115. The van der Waals surface area contributed by atoms with Gasteiger partial charge >= 0.3 is 5.97 Å². The molecule has 0 aliphatic carbocycles. The molecule has 1 aromatic carbocycles. The molecule has 0 unspecified atom stereocenters. The summed E-state index contributed by atoms with van der Waals surface area (Å²) in [4.78, 5) is 27.8. The first kappa shape index (κ1) is 16.0. The van der Waals surface area contributed by atoms with Gasteiger partial charge in [0.1, 0.15) is 10.6 Å². The van der Waals surface area contributed by atoms with Gasteiger partial charge in [-0.15, -0.1) is 0 Å². The molecule has 22 heavy (non-hydrogen) atoms. The van der Waals surface area contributed by atoms with Crippen LogP contribution in [-0.4, -0.2) is 31.1 Å². The van der Waals surface area contributed by atoms with Gasteiger partial charge in [-0.1, -0.05) is 29.0 Å². The van der Waals surface area contributed by atoms with Crippen molar-refractivity contribution in [2.75, 3.05) is 19.5 Å². The van der Waals surface area contributed by atoms with Crippen molar-refractivity contribution >= 4 is 28.3 Å². The number of esters is 1. The second-order valence-corrected chi connectivity index (χ2v) is 5.59. The van der Waals surface area contributed by atoms with E-state index in [4.69, 9.17) is 4.74 Å². The largest absolute Gasteiger partial charge is 0.496 e. The molecule has 0 fully saturated rings. The van der Waals surface area contributed by atoms with Crippen LogP contribution in [0.5, 0.6) is 5.75 Å². The van der Waals surface area contributed by atoms with Gasteiger partial charge < -0.3 is 14.8 Å². The van der Waals surface area contributed by atoms with Crippen molar-refractivity contribution in [1.29, 1.82) is 0 Å². The molecule has 1 amide bonds. The second kappa shape index (κ2) is 7.04. The van der Waals surface area contributed by atoms with E-state index in [0.717, 1.165) is 22.5 Å². The molecule has 1 aromatic heterocycles. The number of aryl methyl sites for hydroxylation is 1. The number of nitrogens with zero attached hydrogens (tertiary/aromatic N) is 1. The fraction of sp³-hybridized carbons (Fsp3) is 0.267. The van der Waals surface area contributed by atoms with Crippen molar-refractivity contribution in [1.82, 2.24) is 4.98 Å². The fourth-order valence-corrected chi connectivity index (χ4v) is 2.66. The topological polar surface area (TPSA) is 77.5 Å². The molecule has 0 radical (unpaired) electrons. The molecule has 0 aliphatic heterocycles. The van der Waals surface area contributed by atoms with Gasteiger partial charge in [0.25, 0.3) is 0 Å². The summed E-state index contributed by atoms with van der Waals surface area (Å²) < 4.78 is 9.84. The van der Waals surface area contributed by atoms with Crippen LogP contribution in [0.25, 0.3) is 0 Å². The number of carbonyl (C=O) groups excluding carboxylic acids is 2. The highest BCUT2D eigenvalue weighted by Gasteiger charge is 2.14. The van der Waals surface area contributed by atoms with Crippen molar-refractivity contribution in [3.8, 4) is 5.75 Å². The fourth-order valence-electron chi connectivity index (χ4n) is 1.91. The number of rotatable bonds is 5. The minimum Gasteiger partial charge on any atom is -0.496 e. The average molecular weight is 320 g/mol. The monoisotopic (exact) mass is 320 g/mol. The number of nitrogens with one attached hydrogen (secondary N) is 1. The van der Waals surface area contributed by atoms with E-state index < -0.39 is 5.97 Å². The van der Waals surface area contributed by atoms with E-state index in [0.29, 0.717) is 15.8 Å². The lowest BCUT2D eigenvalue weighted by Crippen LogP contribution is -2.14. The van der Waals surface area contributed by atoms with Gasteiger partial charge in [-0.25, -0.2) is 9.78 Å². The van der Waals surface area contributed by atoms with Crippen LogP contribution < -0.4 is 10.1 Å². The SMILES string of the molecule is COC(=O)c1cnc(NC(=O)Cc2cc(C)ccc2OC)s1. The number of aromatic nitrogens is 1. The third kappa shape index (κ3) is 3.82. The summed E-state index contributed by atoms with van der Waals surface area (Å²) in [5.74, 6) is -0.0387. The van der Waals surface area contributed by atoms with E-state index >= 15 is 0 Å². The Labute approximate surface area is 132 Å². The summed E-state index contributed by atoms with van der Waals surface area (Å²) in [6.45, 7) is 1.95. The molecule has 0 spiro atoms. The molecule has 1 heterocycles. The molecule has 7 heteroatoms. The van der Waals surface area contributed by atoms with E-state index in [1.807, 2.05) is 25.1 Å². The van der Waals surface area contributed by atoms with E-state index in [-0.39, 0.29) is 12.3 Å². The molecule has 0 aliphatic rings. The lowest BCUT2D eigenvalue weighted by Gasteiger charge is -2.09. The predicted octanol–water partition coefficient (Wildman–Crippen LogP) is 2.43. The van der Waals surface area contributed by atoms with Gasteiger partial charge in [-0.05, 0) is 13.0 Å². The Morgan fingerprint density at radius 1 is 1.32 bits per heavy atom. The summed E-state index contributed by atoms with van der Waals surface area (Å²) in [6.07, 6.45) is 1.54. The standard InChI is InChI=1S/C15H16N2O4S/c1-9-4-5-11(20-2)10(6-9)7-13(18)17-15-16-8-12(22-15)14(19)21-3/h4-6,8H,7H2,1-3H3,(H,16,17,18). The maximum Gasteiger partial charge on any atom is 0.349 e. The Hall–Kier alpha value is -2.41. The normalized spacial score (nSPS) is 10.1. The van der Waals surface area contributed by atoms with Gasteiger partial charge in [0.05, 0.1) is 26.8 Å². The number of hydrogen-bond donors (Lipinski definition) is 1. The molecule has 1 N–H and O–H groups in total. The van der Waals surface area contributed by atoms with Gasteiger partial charge in [-0.3, -0.25) is 4.79 Å². The van der Waals surface area contributed by atoms with Crippen molar-refractivity contribution in [2.45, 2.75) is 13.3 Å². The summed E-state index contributed by atoms with van der Waals surface area (Å²) in [6, 6.07) is 5.65. The third-order valence-corrected chi connectivity index (χ3v) is 3.82. The number of benzene rings is 1. The van der Waals surface area contributed by atoms with Crippen LogP contribution in [0.15, 0.2) is 24.4 Å². The number of anilines is 1. The minimum absolute atomic E-state index is 0.165. The van der Waals surface area contributed by atoms with Gasteiger partial charge in [0.2, 0.25) is 5.91 Å². The van der Waals surface area contributed by atoms with Gasteiger partial charge in [-0.2, -0.15) is 0 Å². The van der Waals surface area contributed by atoms with Crippen molar-refractivity contribution in [3.63, 3.8) is 0 Å². The first-order valence-electron chi connectivity index (χ1n) is 6.51. The third-order valence-electron chi connectivity index (χ3n) is 2.93. The lowest BCUT2D eigenvalue weighted by atomic mass is 10.1. The van der Waals surface area contributed by atoms with Crippen LogP contribution >= 0.6 is 11.3 Å². The van der Waals surface area contributed by atoms with E-state index in [1.165, 1.54) is 13.3 Å². The molecular formula is C15H16N2O4S. The average Bonchev–Trinajstić information content (AvgIpc) is 2.95. The first-order valence-corrected chi connectivity index (χ1v) is 7.32. The van der Waals surface area contributed by atoms with Crippen LogP contribution in [0.3, 0.4) is 0 Å². The van der Waals surface area contributed by atoms with Crippen LogP contribution in [-0.2, 0) is 16.0 Å². The smallest absolute Gasteiger partial charge is 0.349 e. The van der Waals surface area contributed by atoms with Crippen molar-refractivity contribution < 1.29 is 19.1 Å². The molecule has 116 valence electrons. The highest BCUT2D eigenvalue weighted by atomic mass is 32.1. The summed E-state index contributed by atoms with van der Waals surface area (Å²) >= 11 is 1.07. The van der Waals surface area contributed by atoms with Crippen LogP contribution in [0, 0.1) is 6.92 Å². The van der Waals surface area contributed by atoms with Crippen molar-refractivity contribution in [2.24, 2.45) is 0 Å². The molecular weight excluding hydrogens is 304 g/mol. The number of methoxy groups -OCH3 is 2. The predicted molar refractivity (Wildman–Crippen MR) is 83.5 cm³/mol. The minimum atomic E-state index is -0.474. The highest BCUT2D eigenvalue weighted by molar-refractivity contribution is 7.17. The maximum absolute atomic E-state index is 12.1. The number of carbonyl (C=O) groups is 2. The van der Waals surface area contributed by atoms with Crippen molar-refractivity contribution in [3.05, 3.63) is 40.4 Å². The zero-order valence-corrected chi connectivity index (χ0v) is 13.3. The van der Waals surface area contributed by atoms with Crippen LogP contribution in [0.4, 0.5) is 5.13 Å². The number of thiazole rings is 1. The number of hydrogen-bond acceptors (Lipinski definition) is 6. The zero-order chi connectivity index (χ0) is 16.1. The van der Waals surface area contributed by atoms with E-state index in [1.54, 1.807) is 7.11 Å². The molecule has 2 aromatic rings. The summed E-state index contributed by atoms with van der Waals surface area (Å²) in [5, 5.41) is 3.02. The molecule has 6 nitrogen and oxygen atoms in total. The first-order chi connectivity index (χ1) is 10.5. The Morgan fingerprint density at radius 2 is 2.09 bits per heavy atom. The Bertz CT molecular complexity index is 697. The molecule has 0 atom stereocenters. The van der Waals surface area contributed by atoms with Gasteiger partial charge in [0, 0.05) is 5.56 Å². The highest BCUT2D eigenvalue weighted by Crippen LogP contribution is 2.22. The summed E-state index contributed by atoms with van der Waals surface area (Å²) in [5.41, 5.74) is 1.84. The number of ether oxygens (including phenoxy) is 2. The Kier molecular flexibility index (Phi) is 5.11. The maximum atomic E-state index is 12.1. The zero-order valence-electron chi connectivity index (χ0n) is 12.5. The number of amides is 1. The quantitative estimate of drug-likeness (QED) is 0.856. The van der Waals surface area contributed by atoms with E-state index in [2.05, 4.69) is 15.0 Å². The van der Waals surface area contributed by atoms with Crippen LogP contribution in [0.2, 0.25) is 0 Å². The molecule has 0 bridgehead atoms. The Balaban J connectivity index is 2.06. The summed E-state index contributed by atoms with van der Waals surface area (Å²) in [7, 11) is 2.86. The Morgan fingerprint density at radius 3 is 2.77 bits per heavy atom. The second-order valence-electron chi connectivity index (χ2n) is 4.56. The molecule has 2 rings (SSSR count). The van der Waals surface area contributed by atoms with E-state index in [9.17, 15) is 9.59 Å². The molecule has 0 saturated heterocycles. The van der Waals surface area contributed by atoms with Crippen LogP contribution in [0.1, 0.15) is 20.8 Å². The molecule has 0 saturated carbocycles.